The summed E-state index contributed by atoms with van der Waals surface area (Å²) in [7, 11) is 3.13. The van der Waals surface area contributed by atoms with Gasteiger partial charge < -0.3 is 14.8 Å². The van der Waals surface area contributed by atoms with Crippen LogP contribution < -0.4 is 20.1 Å². The Morgan fingerprint density at radius 2 is 1.80 bits per heavy atom. The van der Waals surface area contributed by atoms with Gasteiger partial charge >= 0.3 is 0 Å². The largest absolute Gasteiger partial charge is 0.497 e. The molecule has 0 aromatic heterocycles. The van der Waals surface area contributed by atoms with Crippen molar-refractivity contribution in [2.45, 2.75) is 6.92 Å². The summed E-state index contributed by atoms with van der Waals surface area (Å²) in [5.41, 5.74) is 2.71. The first-order valence-corrected chi connectivity index (χ1v) is 8.01. The number of hydrogen-bond donors (Lipinski definition) is 2. The van der Waals surface area contributed by atoms with E-state index < -0.39 is 0 Å². The van der Waals surface area contributed by atoms with E-state index in [1.54, 1.807) is 38.5 Å². The molecule has 0 aliphatic carbocycles. The van der Waals surface area contributed by atoms with Crippen LogP contribution in [0.2, 0.25) is 0 Å². The quantitative estimate of drug-likeness (QED) is 0.634. The van der Waals surface area contributed by atoms with Crippen LogP contribution >= 0.6 is 12.2 Å². The molecule has 6 heteroatoms. The number of nitrogens with one attached hydrogen (secondary N) is 2. The molecule has 0 bridgehead atoms. The van der Waals surface area contributed by atoms with Gasteiger partial charge in [-0.15, -0.1) is 0 Å². The zero-order valence-electron chi connectivity index (χ0n) is 14.3. The highest BCUT2D eigenvalue weighted by molar-refractivity contribution is 7.80. The predicted molar refractivity (Wildman–Crippen MR) is 104 cm³/mol. The topological polar surface area (TPSA) is 59.6 Å². The van der Waals surface area contributed by atoms with Crippen LogP contribution in [0.4, 0.5) is 5.69 Å². The Kier molecular flexibility index (Phi) is 6.54. The van der Waals surface area contributed by atoms with Crippen molar-refractivity contribution in [1.82, 2.24) is 5.32 Å². The Hall–Kier alpha value is -2.86. The number of rotatable bonds is 5. The van der Waals surface area contributed by atoms with Gasteiger partial charge in [0.2, 0.25) is 5.91 Å². The van der Waals surface area contributed by atoms with Crippen LogP contribution in [-0.2, 0) is 4.79 Å². The van der Waals surface area contributed by atoms with Crippen LogP contribution in [0.1, 0.15) is 11.1 Å². The average molecular weight is 356 g/mol. The van der Waals surface area contributed by atoms with Gasteiger partial charge in [0.1, 0.15) is 11.5 Å². The maximum Gasteiger partial charge on any atom is 0.250 e. The van der Waals surface area contributed by atoms with Crippen molar-refractivity contribution in [2.24, 2.45) is 0 Å². The Morgan fingerprint density at radius 3 is 2.44 bits per heavy atom. The van der Waals surface area contributed by atoms with Gasteiger partial charge in [-0.25, -0.2) is 0 Å². The Labute approximate surface area is 152 Å². The van der Waals surface area contributed by atoms with E-state index in [0.717, 1.165) is 5.56 Å². The lowest BCUT2D eigenvalue weighted by Crippen LogP contribution is -2.32. The molecule has 0 fully saturated rings. The van der Waals surface area contributed by atoms with Crippen molar-refractivity contribution in [3.8, 4) is 11.5 Å². The fraction of sp³-hybridized carbons (Fsp3) is 0.158. The van der Waals surface area contributed by atoms with Crippen LogP contribution in [-0.4, -0.2) is 25.2 Å². The third-order valence-electron chi connectivity index (χ3n) is 3.40. The fourth-order valence-corrected chi connectivity index (χ4v) is 2.28. The van der Waals surface area contributed by atoms with E-state index in [9.17, 15) is 4.79 Å². The maximum atomic E-state index is 12.0. The minimum absolute atomic E-state index is 0.171. The number of ether oxygens (including phenoxy) is 2. The molecule has 0 atom stereocenters. The maximum absolute atomic E-state index is 12.0. The van der Waals surface area contributed by atoms with Crippen LogP contribution in [0.5, 0.6) is 11.5 Å². The Bertz CT molecular complexity index is 786. The number of hydrogen-bond acceptors (Lipinski definition) is 4. The highest BCUT2D eigenvalue weighted by Crippen LogP contribution is 2.28. The van der Waals surface area contributed by atoms with Crippen molar-refractivity contribution in [3.63, 3.8) is 0 Å². The molecule has 5 nitrogen and oxygen atoms in total. The molecule has 0 saturated carbocycles. The van der Waals surface area contributed by atoms with Crippen LogP contribution in [0.3, 0.4) is 0 Å². The first-order chi connectivity index (χ1) is 12.0. The van der Waals surface area contributed by atoms with E-state index >= 15 is 0 Å². The number of thiocarbonyl (C=S) groups is 1. The Morgan fingerprint density at radius 1 is 1.08 bits per heavy atom. The summed E-state index contributed by atoms with van der Waals surface area (Å²) in [6.07, 6.45) is 3.16. The van der Waals surface area contributed by atoms with Crippen LogP contribution in [0, 0.1) is 6.92 Å². The fourth-order valence-electron chi connectivity index (χ4n) is 2.07. The van der Waals surface area contributed by atoms with Gasteiger partial charge in [0.25, 0.3) is 0 Å². The molecule has 0 aliphatic heterocycles. The summed E-state index contributed by atoms with van der Waals surface area (Å²) >= 11 is 5.17. The number of anilines is 1. The monoisotopic (exact) mass is 356 g/mol. The summed E-state index contributed by atoms with van der Waals surface area (Å²) < 4.78 is 10.4. The second-order valence-corrected chi connectivity index (χ2v) is 5.66. The number of carbonyl (C=O) groups is 1. The summed E-state index contributed by atoms with van der Waals surface area (Å²) in [6, 6.07) is 13.1. The molecule has 0 heterocycles. The van der Waals surface area contributed by atoms with Gasteiger partial charge in [-0.1, -0.05) is 29.8 Å². The SMILES string of the molecule is COc1ccc(OC)c(NC(=S)NC(=O)/C=C/c2ccc(C)cc2)c1. The van der Waals surface area contributed by atoms with Gasteiger partial charge in [0.15, 0.2) is 5.11 Å². The van der Waals surface area contributed by atoms with Crippen molar-refractivity contribution in [3.05, 3.63) is 59.7 Å². The molecule has 2 aromatic rings. The molecule has 0 radical (unpaired) electrons. The van der Waals surface area contributed by atoms with E-state index in [1.165, 1.54) is 11.6 Å². The van der Waals surface area contributed by atoms with E-state index in [2.05, 4.69) is 10.6 Å². The molecule has 1 amide bonds. The van der Waals surface area contributed by atoms with Gasteiger partial charge in [0, 0.05) is 12.1 Å². The van der Waals surface area contributed by atoms with Crippen molar-refractivity contribution < 1.29 is 14.3 Å². The van der Waals surface area contributed by atoms with Crippen molar-refractivity contribution in [2.75, 3.05) is 19.5 Å². The lowest BCUT2D eigenvalue weighted by atomic mass is 10.1. The van der Waals surface area contributed by atoms with E-state index in [0.29, 0.717) is 17.2 Å². The van der Waals surface area contributed by atoms with E-state index in [1.807, 2.05) is 31.2 Å². The summed E-state index contributed by atoms with van der Waals surface area (Å²) in [6.45, 7) is 2.01. The normalized spacial score (nSPS) is 10.4. The standard InChI is InChI=1S/C19H20N2O3S/c1-13-4-6-14(7-5-13)8-11-18(22)21-19(25)20-16-12-15(23-2)9-10-17(16)24-3/h4-12H,1-3H3,(H2,20,21,22,25)/b11-8+. The summed E-state index contributed by atoms with van der Waals surface area (Å²) in [5, 5.41) is 5.70. The van der Waals surface area contributed by atoms with Gasteiger partial charge in [-0.3, -0.25) is 10.1 Å². The molecule has 0 unspecified atom stereocenters. The molecule has 130 valence electrons. The molecule has 2 aromatic carbocycles. The van der Waals surface area contributed by atoms with E-state index in [-0.39, 0.29) is 11.0 Å². The lowest BCUT2D eigenvalue weighted by Gasteiger charge is -2.13. The molecule has 2 N–H and O–H groups in total. The number of amides is 1. The highest BCUT2D eigenvalue weighted by Gasteiger charge is 2.08. The van der Waals surface area contributed by atoms with Crippen LogP contribution in [0.15, 0.2) is 48.5 Å². The number of carbonyl (C=O) groups excluding carboxylic acids is 1. The smallest absolute Gasteiger partial charge is 0.250 e. The summed E-state index contributed by atoms with van der Waals surface area (Å²) in [4.78, 5) is 12.0. The molecular formula is C19H20N2O3S. The third-order valence-corrected chi connectivity index (χ3v) is 3.60. The molecule has 0 spiro atoms. The van der Waals surface area contributed by atoms with Crippen molar-refractivity contribution >= 4 is 35.0 Å². The minimum atomic E-state index is -0.320. The van der Waals surface area contributed by atoms with Gasteiger partial charge in [0.05, 0.1) is 19.9 Å². The van der Waals surface area contributed by atoms with Crippen LogP contribution in [0.25, 0.3) is 6.08 Å². The number of benzene rings is 2. The Balaban J connectivity index is 1.97. The second kappa shape index (κ2) is 8.84. The average Bonchev–Trinajstić information content (AvgIpc) is 2.61. The first kappa shape index (κ1) is 18.5. The highest BCUT2D eigenvalue weighted by atomic mass is 32.1. The predicted octanol–water partition coefficient (Wildman–Crippen LogP) is 3.54. The second-order valence-electron chi connectivity index (χ2n) is 5.25. The third kappa shape index (κ3) is 5.61. The van der Waals surface area contributed by atoms with Crippen molar-refractivity contribution in [1.29, 1.82) is 0 Å². The molecule has 0 aliphatic rings. The first-order valence-electron chi connectivity index (χ1n) is 7.60. The molecule has 25 heavy (non-hydrogen) atoms. The zero-order chi connectivity index (χ0) is 18.2. The number of aryl methyl sites for hydroxylation is 1. The van der Waals surface area contributed by atoms with E-state index in [4.69, 9.17) is 21.7 Å². The number of methoxy groups -OCH3 is 2. The minimum Gasteiger partial charge on any atom is -0.497 e. The van der Waals surface area contributed by atoms with Gasteiger partial charge in [-0.05, 0) is 42.9 Å². The van der Waals surface area contributed by atoms with Gasteiger partial charge in [-0.2, -0.15) is 0 Å². The zero-order valence-corrected chi connectivity index (χ0v) is 15.1. The molecule has 0 saturated heterocycles. The lowest BCUT2D eigenvalue weighted by molar-refractivity contribution is -0.115. The molecule has 2 rings (SSSR count). The summed E-state index contributed by atoms with van der Waals surface area (Å²) in [5.74, 6) is 0.921. The molecular weight excluding hydrogens is 336 g/mol.